The maximum Gasteiger partial charge on any atom is 0.0935 e. The molecule has 1 N–H and O–H groups in total. The lowest BCUT2D eigenvalue weighted by Gasteiger charge is -2.46. The molecule has 0 saturated heterocycles. The van der Waals surface area contributed by atoms with E-state index in [4.69, 9.17) is 4.42 Å². The number of rotatable bonds is 8. The molecule has 114 valence electrons. The first kappa shape index (κ1) is 15.6. The highest BCUT2D eigenvalue weighted by molar-refractivity contribution is 5.13. The molecule has 0 aliphatic heterocycles. The lowest BCUT2D eigenvalue weighted by molar-refractivity contribution is 0.0635. The number of hydrogen-bond acceptors (Lipinski definition) is 3. The lowest BCUT2D eigenvalue weighted by Crippen LogP contribution is -2.60. The van der Waals surface area contributed by atoms with Crippen LogP contribution in [-0.2, 0) is 6.42 Å². The van der Waals surface area contributed by atoms with Gasteiger partial charge in [0.15, 0.2) is 0 Å². The van der Waals surface area contributed by atoms with Gasteiger partial charge in [0.05, 0.1) is 12.5 Å². The van der Waals surface area contributed by atoms with Gasteiger partial charge in [-0.05, 0) is 50.5 Å². The van der Waals surface area contributed by atoms with Crippen molar-refractivity contribution in [3.05, 3.63) is 24.2 Å². The molecule has 20 heavy (non-hydrogen) atoms. The number of likely N-dealkylation sites (N-methyl/N-ethyl adjacent to an activating group) is 2. The molecule has 1 aliphatic rings. The maximum absolute atomic E-state index is 5.26. The van der Waals surface area contributed by atoms with E-state index in [1.807, 2.05) is 6.26 Å². The zero-order valence-corrected chi connectivity index (χ0v) is 13.3. The minimum absolute atomic E-state index is 0.330. The first-order chi connectivity index (χ1) is 9.76. The Labute approximate surface area is 123 Å². The van der Waals surface area contributed by atoms with Crippen LogP contribution in [0.1, 0.15) is 52.0 Å². The molecule has 0 bridgehead atoms. The molecule has 1 saturated carbocycles. The van der Waals surface area contributed by atoms with E-state index in [0.29, 0.717) is 11.6 Å². The van der Waals surface area contributed by atoms with Crippen LogP contribution in [0.25, 0.3) is 0 Å². The molecular formula is C17H30N2O. The Morgan fingerprint density at radius 3 is 2.45 bits per heavy atom. The van der Waals surface area contributed by atoms with Crippen LogP contribution >= 0.6 is 0 Å². The summed E-state index contributed by atoms with van der Waals surface area (Å²) in [5.41, 5.74) is 1.64. The highest BCUT2D eigenvalue weighted by atomic mass is 16.3. The average Bonchev–Trinajstić information content (AvgIpc) is 3.11. The van der Waals surface area contributed by atoms with Gasteiger partial charge >= 0.3 is 0 Å². The summed E-state index contributed by atoms with van der Waals surface area (Å²) >= 11 is 0. The largest absolute Gasteiger partial charge is 0.472 e. The second-order valence-electron chi connectivity index (χ2n) is 5.93. The summed E-state index contributed by atoms with van der Waals surface area (Å²) in [6.07, 6.45) is 10.1. The van der Waals surface area contributed by atoms with Gasteiger partial charge in [-0.1, -0.05) is 33.6 Å². The van der Waals surface area contributed by atoms with Crippen LogP contribution < -0.4 is 5.32 Å². The van der Waals surface area contributed by atoms with E-state index in [1.54, 1.807) is 6.26 Å². The zero-order chi connectivity index (χ0) is 14.4. The Morgan fingerprint density at radius 2 is 1.95 bits per heavy atom. The molecule has 0 amide bonds. The Balaban J connectivity index is 2.22. The van der Waals surface area contributed by atoms with Crippen LogP contribution in [0.15, 0.2) is 23.0 Å². The first-order valence-electron chi connectivity index (χ1n) is 8.26. The van der Waals surface area contributed by atoms with Crippen molar-refractivity contribution in [1.82, 2.24) is 10.2 Å². The molecule has 1 atom stereocenters. The van der Waals surface area contributed by atoms with Crippen molar-refractivity contribution in [2.75, 3.05) is 19.6 Å². The molecule has 3 nitrogen and oxygen atoms in total. The fraction of sp³-hybridized carbons (Fsp3) is 0.765. The third kappa shape index (κ3) is 3.09. The Hall–Kier alpha value is -0.800. The quantitative estimate of drug-likeness (QED) is 0.789. The lowest BCUT2D eigenvalue weighted by atomic mass is 9.82. The van der Waals surface area contributed by atoms with Gasteiger partial charge in [0.25, 0.3) is 0 Å². The summed E-state index contributed by atoms with van der Waals surface area (Å²) in [7, 11) is 0. The molecule has 1 heterocycles. The van der Waals surface area contributed by atoms with Gasteiger partial charge in [-0.15, -0.1) is 0 Å². The van der Waals surface area contributed by atoms with Crippen molar-refractivity contribution < 1.29 is 4.42 Å². The minimum atomic E-state index is 0.330. The van der Waals surface area contributed by atoms with E-state index >= 15 is 0 Å². The highest BCUT2D eigenvalue weighted by Gasteiger charge is 2.44. The first-order valence-corrected chi connectivity index (χ1v) is 8.26. The molecular weight excluding hydrogens is 248 g/mol. The molecule has 1 aliphatic carbocycles. The zero-order valence-electron chi connectivity index (χ0n) is 13.3. The van der Waals surface area contributed by atoms with Crippen LogP contribution in [0.5, 0.6) is 0 Å². The van der Waals surface area contributed by atoms with E-state index in [-0.39, 0.29) is 0 Å². The van der Waals surface area contributed by atoms with Crippen LogP contribution in [0.2, 0.25) is 0 Å². The number of hydrogen-bond donors (Lipinski definition) is 1. The monoisotopic (exact) mass is 278 g/mol. The molecule has 1 aromatic rings. The van der Waals surface area contributed by atoms with Gasteiger partial charge < -0.3 is 9.73 Å². The van der Waals surface area contributed by atoms with E-state index in [0.717, 1.165) is 26.1 Å². The summed E-state index contributed by atoms with van der Waals surface area (Å²) < 4.78 is 5.26. The standard InChI is InChI=1S/C17H30N2O/c1-4-18-16(13-15-9-12-20-14-15)17(10-7-8-11-17)19(5-2)6-3/h9,12,14,16,18H,4-8,10-11,13H2,1-3H3. The Morgan fingerprint density at radius 1 is 1.25 bits per heavy atom. The predicted molar refractivity (Wildman–Crippen MR) is 84.0 cm³/mol. The van der Waals surface area contributed by atoms with Crippen LogP contribution in [-0.4, -0.2) is 36.1 Å². The fourth-order valence-corrected chi connectivity index (χ4v) is 4.07. The van der Waals surface area contributed by atoms with Gasteiger partial charge in [0.1, 0.15) is 0 Å². The molecule has 1 aromatic heterocycles. The van der Waals surface area contributed by atoms with Crippen molar-refractivity contribution in [2.45, 2.75) is 64.5 Å². The van der Waals surface area contributed by atoms with Crippen molar-refractivity contribution in [3.63, 3.8) is 0 Å². The molecule has 1 unspecified atom stereocenters. The van der Waals surface area contributed by atoms with Gasteiger partial charge in [-0.25, -0.2) is 0 Å². The average molecular weight is 278 g/mol. The second-order valence-corrected chi connectivity index (χ2v) is 5.93. The van der Waals surface area contributed by atoms with Crippen LogP contribution in [0, 0.1) is 0 Å². The smallest absolute Gasteiger partial charge is 0.0935 e. The van der Waals surface area contributed by atoms with Gasteiger partial charge in [-0.3, -0.25) is 4.90 Å². The SMILES string of the molecule is CCNC(Cc1ccoc1)C1(N(CC)CC)CCCC1. The predicted octanol–water partition coefficient (Wildman–Crippen LogP) is 3.45. The fourth-order valence-electron chi connectivity index (χ4n) is 4.07. The highest BCUT2D eigenvalue weighted by Crippen LogP contribution is 2.39. The van der Waals surface area contributed by atoms with Crippen LogP contribution in [0.3, 0.4) is 0 Å². The molecule has 1 fully saturated rings. The summed E-state index contributed by atoms with van der Waals surface area (Å²) in [5.74, 6) is 0. The third-order valence-electron chi connectivity index (χ3n) is 4.98. The van der Waals surface area contributed by atoms with Crippen molar-refractivity contribution >= 4 is 0 Å². The van der Waals surface area contributed by atoms with Crippen LogP contribution in [0.4, 0.5) is 0 Å². The molecule has 0 radical (unpaired) electrons. The summed E-state index contributed by atoms with van der Waals surface area (Å²) in [4.78, 5) is 2.69. The topological polar surface area (TPSA) is 28.4 Å². The molecule has 0 aromatic carbocycles. The summed E-state index contributed by atoms with van der Waals surface area (Å²) in [6, 6.07) is 2.63. The number of furan rings is 1. The van der Waals surface area contributed by atoms with E-state index in [1.165, 1.54) is 31.2 Å². The van der Waals surface area contributed by atoms with Gasteiger partial charge in [0.2, 0.25) is 0 Å². The van der Waals surface area contributed by atoms with E-state index in [2.05, 4.69) is 37.1 Å². The Bertz CT molecular complexity index is 364. The molecule has 3 heteroatoms. The third-order valence-corrected chi connectivity index (χ3v) is 4.98. The molecule has 0 spiro atoms. The number of nitrogens with zero attached hydrogens (tertiary/aromatic N) is 1. The van der Waals surface area contributed by atoms with Crippen molar-refractivity contribution in [2.24, 2.45) is 0 Å². The number of nitrogens with one attached hydrogen (secondary N) is 1. The van der Waals surface area contributed by atoms with Gasteiger partial charge in [-0.2, -0.15) is 0 Å². The van der Waals surface area contributed by atoms with E-state index in [9.17, 15) is 0 Å². The second kappa shape index (κ2) is 7.28. The Kier molecular flexibility index (Phi) is 5.67. The summed E-state index contributed by atoms with van der Waals surface area (Å²) in [6.45, 7) is 10.1. The summed E-state index contributed by atoms with van der Waals surface area (Å²) in [5, 5.41) is 3.77. The van der Waals surface area contributed by atoms with Crippen molar-refractivity contribution in [3.8, 4) is 0 Å². The molecule has 2 rings (SSSR count). The maximum atomic E-state index is 5.26. The minimum Gasteiger partial charge on any atom is -0.472 e. The van der Waals surface area contributed by atoms with Crippen molar-refractivity contribution in [1.29, 1.82) is 0 Å². The normalized spacial score (nSPS) is 19.6. The van der Waals surface area contributed by atoms with E-state index < -0.39 is 0 Å². The van der Waals surface area contributed by atoms with Gasteiger partial charge in [0, 0.05) is 11.6 Å².